The fourth-order valence-electron chi connectivity index (χ4n) is 1.53. The zero-order valence-electron chi connectivity index (χ0n) is 12.5. The minimum atomic E-state index is -0.894. The lowest BCUT2D eigenvalue weighted by Crippen LogP contribution is -2.34. The number of amides is 3. The predicted octanol–water partition coefficient (Wildman–Crippen LogP) is -0.658. The highest BCUT2D eigenvalue weighted by Gasteiger charge is 2.11. The van der Waals surface area contributed by atoms with E-state index >= 15 is 0 Å². The summed E-state index contributed by atoms with van der Waals surface area (Å²) in [7, 11) is 1.58. The molecule has 0 atom stereocenters. The number of hydrogen-bond donors (Lipinski definition) is 3. The second-order valence-electron chi connectivity index (χ2n) is 4.65. The van der Waals surface area contributed by atoms with E-state index in [2.05, 4.69) is 10.6 Å². The highest BCUT2D eigenvalue weighted by atomic mass is 16.4. The quantitative estimate of drug-likeness (QED) is 0.463. The SMILES string of the molecule is CC(=O)NCCNC(=O)CCC(=O)N(C)CCCC(=O)O. The molecule has 0 fully saturated rings. The summed E-state index contributed by atoms with van der Waals surface area (Å²) in [5, 5.41) is 13.6. The Balaban J connectivity index is 3.73. The maximum atomic E-state index is 11.7. The number of carbonyl (C=O) groups excluding carboxylic acids is 3. The van der Waals surface area contributed by atoms with Gasteiger partial charge in [0.2, 0.25) is 17.7 Å². The van der Waals surface area contributed by atoms with Crippen LogP contribution < -0.4 is 10.6 Å². The first kappa shape index (κ1) is 18.9. The van der Waals surface area contributed by atoms with E-state index in [0.717, 1.165) is 0 Å². The van der Waals surface area contributed by atoms with Crippen molar-refractivity contribution in [3.05, 3.63) is 0 Å². The van der Waals surface area contributed by atoms with Crippen LogP contribution in [0.2, 0.25) is 0 Å². The average Bonchev–Trinajstić information content (AvgIpc) is 2.40. The molecule has 3 N–H and O–H groups in total. The van der Waals surface area contributed by atoms with Gasteiger partial charge in [-0.1, -0.05) is 0 Å². The molecule has 0 radical (unpaired) electrons. The van der Waals surface area contributed by atoms with Gasteiger partial charge in [0.25, 0.3) is 0 Å². The van der Waals surface area contributed by atoms with Crippen molar-refractivity contribution in [2.45, 2.75) is 32.6 Å². The number of nitrogens with zero attached hydrogens (tertiary/aromatic N) is 1. The number of carboxylic acids is 1. The average molecular weight is 301 g/mol. The third-order valence-electron chi connectivity index (χ3n) is 2.70. The maximum absolute atomic E-state index is 11.7. The van der Waals surface area contributed by atoms with Crippen LogP contribution in [0.5, 0.6) is 0 Å². The number of hydrogen-bond acceptors (Lipinski definition) is 4. The first-order valence-electron chi connectivity index (χ1n) is 6.79. The monoisotopic (exact) mass is 301 g/mol. The summed E-state index contributed by atoms with van der Waals surface area (Å²) in [6.07, 6.45) is 0.555. The van der Waals surface area contributed by atoms with Gasteiger partial charge in [0.05, 0.1) is 0 Å². The van der Waals surface area contributed by atoms with Gasteiger partial charge in [-0.2, -0.15) is 0 Å². The zero-order chi connectivity index (χ0) is 16.3. The molecule has 0 aromatic heterocycles. The van der Waals surface area contributed by atoms with Crippen molar-refractivity contribution in [3.8, 4) is 0 Å². The molecule has 21 heavy (non-hydrogen) atoms. The molecule has 0 aliphatic rings. The largest absolute Gasteiger partial charge is 0.481 e. The summed E-state index contributed by atoms with van der Waals surface area (Å²) in [5.41, 5.74) is 0. The molecule has 3 amide bonds. The van der Waals surface area contributed by atoms with Crippen LogP contribution in [0.4, 0.5) is 0 Å². The number of carbonyl (C=O) groups is 4. The van der Waals surface area contributed by atoms with Crippen molar-refractivity contribution in [1.29, 1.82) is 0 Å². The van der Waals surface area contributed by atoms with E-state index in [9.17, 15) is 19.2 Å². The number of nitrogens with one attached hydrogen (secondary N) is 2. The molecular weight excluding hydrogens is 278 g/mol. The van der Waals surface area contributed by atoms with E-state index in [1.165, 1.54) is 11.8 Å². The Morgan fingerprint density at radius 3 is 2.19 bits per heavy atom. The summed E-state index contributed by atoms with van der Waals surface area (Å²) in [6, 6.07) is 0. The Bertz CT molecular complexity index is 384. The Morgan fingerprint density at radius 2 is 1.62 bits per heavy atom. The molecule has 0 rings (SSSR count). The molecule has 0 aromatic carbocycles. The summed E-state index contributed by atoms with van der Waals surface area (Å²) in [6.45, 7) is 2.42. The van der Waals surface area contributed by atoms with Gasteiger partial charge in [-0.15, -0.1) is 0 Å². The lowest BCUT2D eigenvalue weighted by molar-refractivity contribution is -0.138. The second-order valence-corrected chi connectivity index (χ2v) is 4.65. The van der Waals surface area contributed by atoms with Gasteiger partial charge in [0, 0.05) is 52.9 Å². The molecule has 120 valence electrons. The topological polar surface area (TPSA) is 116 Å². The van der Waals surface area contributed by atoms with Gasteiger partial charge in [0.15, 0.2) is 0 Å². The van der Waals surface area contributed by atoms with Crippen molar-refractivity contribution in [1.82, 2.24) is 15.5 Å². The summed E-state index contributed by atoms with van der Waals surface area (Å²) in [4.78, 5) is 45.5. The molecule has 0 spiro atoms. The van der Waals surface area contributed by atoms with Crippen molar-refractivity contribution in [3.63, 3.8) is 0 Å². The normalized spacial score (nSPS) is 9.81. The molecule has 0 saturated heterocycles. The maximum Gasteiger partial charge on any atom is 0.303 e. The van der Waals surface area contributed by atoms with Gasteiger partial charge in [-0.3, -0.25) is 19.2 Å². The molecule has 0 unspecified atom stereocenters. The standard InChI is InChI=1S/C13H23N3O5/c1-10(17)14-7-8-15-11(18)5-6-12(19)16(2)9-3-4-13(20)21/h3-9H2,1-2H3,(H,14,17)(H,15,18)(H,20,21). The van der Waals surface area contributed by atoms with Crippen molar-refractivity contribution < 1.29 is 24.3 Å². The van der Waals surface area contributed by atoms with Crippen molar-refractivity contribution in [2.24, 2.45) is 0 Å². The molecule has 0 saturated carbocycles. The van der Waals surface area contributed by atoms with Crippen LogP contribution in [0.15, 0.2) is 0 Å². The van der Waals surface area contributed by atoms with Crippen molar-refractivity contribution >= 4 is 23.7 Å². The van der Waals surface area contributed by atoms with Crippen LogP contribution in [0.25, 0.3) is 0 Å². The third-order valence-corrected chi connectivity index (χ3v) is 2.70. The Labute approximate surface area is 123 Å². The smallest absolute Gasteiger partial charge is 0.303 e. The predicted molar refractivity (Wildman–Crippen MR) is 75.4 cm³/mol. The van der Waals surface area contributed by atoms with Crippen LogP contribution in [0.1, 0.15) is 32.6 Å². The fraction of sp³-hybridized carbons (Fsp3) is 0.692. The van der Waals surface area contributed by atoms with Crippen LogP contribution in [0, 0.1) is 0 Å². The van der Waals surface area contributed by atoms with Crippen LogP contribution in [0.3, 0.4) is 0 Å². The molecule has 0 bridgehead atoms. The first-order valence-corrected chi connectivity index (χ1v) is 6.79. The minimum absolute atomic E-state index is 0.0151. The van der Waals surface area contributed by atoms with E-state index in [1.54, 1.807) is 7.05 Å². The highest BCUT2D eigenvalue weighted by Crippen LogP contribution is 1.99. The van der Waals surface area contributed by atoms with E-state index in [1.807, 2.05) is 0 Å². The molecular formula is C13H23N3O5. The first-order chi connectivity index (χ1) is 9.82. The van der Waals surface area contributed by atoms with Crippen LogP contribution >= 0.6 is 0 Å². The molecule has 0 aliphatic heterocycles. The molecule has 0 heterocycles. The summed E-state index contributed by atoms with van der Waals surface area (Å²) in [5.74, 6) is -1.51. The van der Waals surface area contributed by atoms with Gasteiger partial charge >= 0.3 is 5.97 Å². The van der Waals surface area contributed by atoms with E-state index in [-0.39, 0.29) is 37.0 Å². The molecule has 8 heteroatoms. The van der Waals surface area contributed by atoms with Crippen LogP contribution in [-0.4, -0.2) is 60.4 Å². The lowest BCUT2D eigenvalue weighted by atomic mass is 10.2. The van der Waals surface area contributed by atoms with E-state index in [4.69, 9.17) is 5.11 Å². The van der Waals surface area contributed by atoms with E-state index in [0.29, 0.717) is 26.1 Å². The molecule has 8 nitrogen and oxygen atoms in total. The van der Waals surface area contributed by atoms with Gasteiger partial charge in [0.1, 0.15) is 0 Å². The minimum Gasteiger partial charge on any atom is -0.481 e. The van der Waals surface area contributed by atoms with E-state index < -0.39 is 5.97 Å². The number of rotatable bonds is 10. The van der Waals surface area contributed by atoms with Gasteiger partial charge < -0.3 is 20.6 Å². The number of carboxylic acid groups (broad SMARTS) is 1. The zero-order valence-corrected chi connectivity index (χ0v) is 12.5. The van der Waals surface area contributed by atoms with Crippen LogP contribution in [-0.2, 0) is 19.2 Å². The third kappa shape index (κ3) is 11.4. The summed E-state index contributed by atoms with van der Waals surface area (Å²) < 4.78 is 0. The Hall–Kier alpha value is -2.12. The highest BCUT2D eigenvalue weighted by molar-refractivity contribution is 5.83. The molecule has 0 aromatic rings. The van der Waals surface area contributed by atoms with Crippen molar-refractivity contribution in [2.75, 3.05) is 26.7 Å². The summed E-state index contributed by atoms with van der Waals surface area (Å²) >= 11 is 0. The second kappa shape index (κ2) is 10.6. The Kier molecular flexibility index (Phi) is 9.57. The number of aliphatic carboxylic acids is 1. The van der Waals surface area contributed by atoms with Gasteiger partial charge in [-0.05, 0) is 6.42 Å². The Morgan fingerprint density at radius 1 is 1.00 bits per heavy atom. The fourth-order valence-corrected chi connectivity index (χ4v) is 1.53. The molecule has 0 aliphatic carbocycles. The lowest BCUT2D eigenvalue weighted by Gasteiger charge is -2.16. The van der Waals surface area contributed by atoms with Gasteiger partial charge in [-0.25, -0.2) is 0 Å².